The van der Waals surface area contributed by atoms with Crippen LogP contribution in [0.5, 0.6) is 0 Å². The van der Waals surface area contributed by atoms with Crippen molar-refractivity contribution in [2.75, 3.05) is 6.61 Å². The van der Waals surface area contributed by atoms with Crippen LogP contribution in [0.15, 0.2) is 11.1 Å². The highest BCUT2D eigenvalue weighted by Crippen LogP contribution is 2.46. The molecule has 0 saturated carbocycles. The summed E-state index contributed by atoms with van der Waals surface area (Å²) >= 11 is 0. The van der Waals surface area contributed by atoms with Crippen LogP contribution in [-0.4, -0.2) is 12.6 Å². The van der Waals surface area contributed by atoms with Gasteiger partial charge in [-0.25, -0.2) is 0 Å². The van der Waals surface area contributed by atoms with Crippen molar-refractivity contribution in [1.29, 1.82) is 0 Å². The van der Waals surface area contributed by atoms with Gasteiger partial charge in [-0.1, -0.05) is 25.0 Å². The van der Waals surface area contributed by atoms with Gasteiger partial charge in [0.1, 0.15) is 0 Å². The molecule has 0 spiro atoms. The molecule has 0 fully saturated rings. The quantitative estimate of drug-likeness (QED) is 0.501. The van der Waals surface area contributed by atoms with Crippen molar-refractivity contribution < 1.29 is 9.53 Å². The average molecular weight is 196 g/mol. The third-order valence-electron chi connectivity index (χ3n) is 3.67. The minimum atomic E-state index is -0.178. The molecule has 0 bridgehead atoms. The zero-order valence-corrected chi connectivity index (χ0v) is 9.81. The zero-order chi connectivity index (χ0) is 10.9. The first-order chi connectivity index (χ1) is 6.35. The average Bonchev–Trinajstić information content (AvgIpc) is 2.26. The van der Waals surface area contributed by atoms with Crippen LogP contribution in [0, 0.1) is 11.3 Å². The van der Waals surface area contributed by atoms with Crippen LogP contribution in [0.25, 0.3) is 0 Å². The van der Waals surface area contributed by atoms with Gasteiger partial charge in [0.15, 0.2) is 0 Å². The van der Waals surface area contributed by atoms with E-state index in [0.717, 1.165) is 6.42 Å². The molecular formula is C12H20O2. The second-order valence-electron chi connectivity index (χ2n) is 4.83. The summed E-state index contributed by atoms with van der Waals surface area (Å²) in [7, 11) is 0. The van der Waals surface area contributed by atoms with Crippen LogP contribution in [0.3, 0.4) is 0 Å². The van der Waals surface area contributed by atoms with E-state index in [4.69, 9.17) is 4.74 Å². The molecule has 1 atom stereocenters. The molecule has 80 valence electrons. The van der Waals surface area contributed by atoms with Crippen molar-refractivity contribution in [3.63, 3.8) is 0 Å². The Bertz CT molecular complexity index is 274. The molecule has 0 aromatic heterocycles. The fraction of sp³-hybridized carbons (Fsp3) is 0.750. The minimum absolute atomic E-state index is 0.178. The third-order valence-corrected chi connectivity index (χ3v) is 3.67. The standard InChI is InChI=1S/C12H20O2/c1-8-6-11(7-14-10(3)13)12(4,5)9(8)2/h11H,6-7H2,1-5H3. The normalized spacial score (nSPS) is 25.4. The molecule has 1 aliphatic carbocycles. The number of carbonyl (C=O) groups is 1. The number of esters is 1. The summed E-state index contributed by atoms with van der Waals surface area (Å²) in [5.41, 5.74) is 3.08. The zero-order valence-electron chi connectivity index (χ0n) is 9.81. The van der Waals surface area contributed by atoms with Gasteiger partial charge in [-0.15, -0.1) is 0 Å². The molecule has 2 heteroatoms. The van der Waals surface area contributed by atoms with E-state index in [0.29, 0.717) is 12.5 Å². The van der Waals surface area contributed by atoms with Gasteiger partial charge >= 0.3 is 5.97 Å². The highest BCUT2D eigenvalue weighted by Gasteiger charge is 2.38. The van der Waals surface area contributed by atoms with Crippen LogP contribution in [0.2, 0.25) is 0 Å². The van der Waals surface area contributed by atoms with Crippen molar-refractivity contribution in [3.05, 3.63) is 11.1 Å². The van der Waals surface area contributed by atoms with Gasteiger partial charge in [0.25, 0.3) is 0 Å². The second-order valence-corrected chi connectivity index (χ2v) is 4.83. The van der Waals surface area contributed by atoms with E-state index >= 15 is 0 Å². The summed E-state index contributed by atoms with van der Waals surface area (Å²) in [6.45, 7) is 10.8. The molecule has 0 amide bonds. The molecule has 0 N–H and O–H groups in total. The lowest BCUT2D eigenvalue weighted by molar-refractivity contribution is -0.143. The van der Waals surface area contributed by atoms with E-state index in [-0.39, 0.29) is 11.4 Å². The summed E-state index contributed by atoms with van der Waals surface area (Å²) in [6, 6.07) is 0. The Morgan fingerprint density at radius 2 is 2.07 bits per heavy atom. The van der Waals surface area contributed by atoms with Crippen molar-refractivity contribution >= 4 is 5.97 Å². The Morgan fingerprint density at radius 3 is 2.43 bits per heavy atom. The number of allylic oxidation sites excluding steroid dienone is 2. The Balaban J connectivity index is 2.64. The van der Waals surface area contributed by atoms with Gasteiger partial charge < -0.3 is 4.74 Å². The topological polar surface area (TPSA) is 26.3 Å². The van der Waals surface area contributed by atoms with Crippen molar-refractivity contribution in [2.24, 2.45) is 11.3 Å². The SMILES string of the molecule is CC(=O)OCC1CC(C)=C(C)C1(C)C. The summed E-state index contributed by atoms with van der Waals surface area (Å²) in [5.74, 6) is 0.273. The largest absolute Gasteiger partial charge is 0.466 e. The Kier molecular flexibility index (Phi) is 3.03. The molecule has 0 heterocycles. The first-order valence-corrected chi connectivity index (χ1v) is 5.16. The Labute approximate surface area is 86.3 Å². The van der Waals surface area contributed by atoms with Crippen LogP contribution < -0.4 is 0 Å². The van der Waals surface area contributed by atoms with Crippen LogP contribution >= 0.6 is 0 Å². The maximum absolute atomic E-state index is 10.7. The maximum atomic E-state index is 10.7. The van der Waals surface area contributed by atoms with E-state index in [1.54, 1.807) is 0 Å². The summed E-state index contributed by atoms with van der Waals surface area (Å²) in [5, 5.41) is 0. The number of rotatable bonds is 2. The number of ether oxygens (including phenoxy) is 1. The highest BCUT2D eigenvalue weighted by atomic mass is 16.5. The van der Waals surface area contributed by atoms with E-state index in [9.17, 15) is 4.79 Å². The highest BCUT2D eigenvalue weighted by molar-refractivity contribution is 5.65. The van der Waals surface area contributed by atoms with E-state index in [2.05, 4.69) is 27.7 Å². The van der Waals surface area contributed by atoms with Gasteiger partial charge in [-0.05, 0) is 25.7 Å². The Hall–Kier alpha value is -0.790. The molecule has 1 unspecified atom stereocenters. The van der Waals surface area contributed by atoms with Crippen LogP contribution in [-0.2, 0) is 9.53 Å². The van der Waals surface area contributed by atoms with Gasteiger partial charge in [0.2, 0.25) is 0 Å². The number of hydrogen-bond acceptors (Lipinski definition) is 2. The maximum Gasteiger partial charge on any atom is 0.302 e. The van der Waals surface area contributed by atoms with Crippen LogP contribution in [0.1, 0.15) is 41.0 Å². The molecule has 0 aliphatic heterocycles. The minimum Gasteiger partial charge on any atom is -0.466 e. The molecule has 14 heavy (non-hydrogen) atoms. The lowest BCUT2D eigenvalue weighted by Gasteiger charge is -2.28. The molecule has 1 aliphatic rings. The fourth-order valence-electron chi connectivity index (χ4n) is 2.12. The van der Waals surface area contributed by atoms with Gasteiger partial charge in [0.05, 0.1) is 6.61 Å². The molecule has 1 rings (SSSR count). The first-order valence-electron chi connectivity index (χ1n) is 5.16. The fourth-order valence-corrected chi connectivity index (χ4v) is 2.12. The van der Waals surface area contributed by atoms with Crippen molar-refractivity contribution in [2.45, 2.75) is 41.0 Å². The summed E-state index contributed by atoms with van der Waals surface area (Å²) in [4.78, 5) is 10.7. The molecular weight excluding hydrogens is 176 g/mol. The molecule has 0 radical (unpaired) electrons. The molecule has 2 nitrogen and oxygen atoms in total. The van der Waals surface area contributed by atoms with E-state index < -0.39 is 0 Å². The number of carbonyl (C=O) groups excluding carboxylic acids is 1. The third kappa shape index (κ3) is 1.99. The van der Waals surface area contributed by atoms with Gasteiger partial charge in [-0.3, -0.25) is 4.79 Å². The van der Waals surface area contributed by atoms with Gasteiger partial charge in [0, 0.05) is 12.8 Å². The molecule has 0 aromatic rings. The number of hydrogen-bond donors (Lipinski definition) is 0. The molecule has 0 saturated heterocycles. The Morgan fingerprint density at radius 1 is 1.50 bits per heavy atom. The summed E-state index contributed by atoms with van der Waals surface area (Å²) in [6.07, 6.45) is 1.06. The van der Waals surface area contributed by atoms with E-state index in [1.165, 1.54) is 18.1 Å². The smallest absolute Gasteiger partial charge is 0.302 e. The lowest BCUT2D eigenvalue weighted by atomic mass is 9.78. The predicted octanol–water partition coefficient (Wildman–Crippen LogP) is 2.93. The first kappa shape index (κ1) is 11.3. The lowest BCUT2D eigenvalue weighted by Crippen LogP contribution is -2.25. The second kappa shape index (κ2) is 3.76. The van der Waals surface area contributed by atoms with Crippen molar-refractivity contribution in [1.82, 2.24) is 0 Å². The van der Waals surface area contributed by atoms with Crippen molar-refractivity contribution in [3.8, 4) is 0 Å². The predicted molar refractivity (Wildman–Crippen MR) is 56.9 cm³/mol. The van der Waals surface area contributed by atoms with E-state index in [1.807, 2.05) is 0 Å². The summed E-state index contributed by atoms with van der Waals surface area (Å²) < 4.78 is 5.09. The van der Waals surface area contributed by atoms with Gasteiger partial charge in [-0.2, -0.15) is 0 Å². The van der Waals surface area contributed by atoms with Crippen LogP contribution in [0.4, 0.5) is 0 Å². The monoisotopic (exact) mass is 196 g/mol. The molecule has 0 aromatic carbocycles.